The molecule has 2 aromatic rings. The van der Waals surface area contributed by atoms with Crippen LogP contribution in [0.3, 0.4) is 0 Å². The number of amides is 1. The summed E-state index contributed by atoms with van der Waals surface area (Å²) in [6.45, 7) is 6.01. The number of aryl methyl sites for hydroxylation is 2. The Kier molecular flexibility index (Phi) is 7.89. The first kappa shape index (κ1) is 21.6. The zero-order chi connectivity index (χ0) is 20.6. The Morgan fingerprint density at radius 2 is 2.03 bits per heavy atom. The summed E-state index contributed by atoms with van der Waals surface area (Å²) >= 11 is 6.12. The van der Waals surface area contributed by atoms with Gasteiger partial charge in [-0.3, -0.25) is 9.69 Å². The highest BCUT2D eigenvalue weighted by atomic mass is 35.5. The van der Waals surface area contributed by atoms with Gasteiger partial charge in [0.1, 0.15) is 5.75 Å². The zero-order valence-corrected chi connectivity index (χ0v) is 18.0. The number of methoxy groups -OCH3 is 1. The predicted octanol–water partition coefficient (Wildman–Crippen LogP) is 3.35. The summed E-state index contributed by atoms with van der Waals surface area (Å²) < 4.78 is 10.7. The van der Waals surface area contributed by atoms with Crippen molar-refractivity contribution in [2.45, 2.75) is 45.6 Å². The van der Waals surface area contributed by atoms with E-state index in [1.807, 2.05) is 23.1 Å². The number of carbonyl (C=O) groups excluding carboxylic acids is 1. The maximum absolute atomic E-state index is 12.5. The van der Waals surface area contributed by atoms with Crippen molar-refractivity contribution in [1.29, 1.82) is 0 Å². The first-order chi connectivity index (χ1) is 14.1. The second kappa shape index (κ2) is 10.6. The molecule has 29 heavy (non-hydrogen) atoms. The van der Waals surface area contributed by atoms with Crippen LogP contribution in [-0.2, 0) is 24.2 Å². The Morgan fingerprint density at radius 3 is 2.76 bits per heavy atom. The van der Waals surface area contributed by atoms with Gasteiger partial charge < -0.3 is 14.2 Å². The van der Waals surface area contributed by atoms with E-state index in [1.165, 1.54) is 0 Å². The van der Waals surface area contributed by atoms with Gasteiger partial charge in [-0.05, 0) is 31.0 Å². The molecule has 1 amide bonds. The summed E-state index contributed by atoms with van der Waals surface area (Å²) in [4.78, 5) is 21.1. The number of hydrogen-bond donors (Lipinski definition) is 0. The Labute approximate surface area is 177 Å². The fourth-order valence-electron chi connectivity index (χ4n) is 3.53. The molecule has 0 unspecified atom stereocenters. The molecular formula is C21H29ClN4O3. The summed E-state index contributed by atoms with van der Waals surface area (Å²) in [5, 5.41) is 4.66. The monoisotopic (exact) mass is 420 g/mol. The van der Waals surface area contributed by atoms with Crippen LogP contribution in [0.25, 0.3) is 0 Å². The number of halogens is 1. The van der Waals surface area contributed by atoms with Crippen molar-refractivity contribution in [1.82, 2.24) is 19.9 Å². The van der Waals surface area contributed by atoms with Crippen LogP contribution in [0.1, 0.15) is 43.5 Å². The van der Waals surface area contributed by atoms with Gasteiger partial charge in [-0.2, -0.15) is 4.98 Å². The molecule has 0 N–H and O–H groups in total. The van der Waals surface area contributed by atoms with Gasteiger partial charge in [0, 0.05) is 62.6 Å². The molecule has 1 aromatic heterocycles. The molecule has 0 atom stereocenters. The van der Waals surface area contributed by atoms with Crippen LogP contribution < -0.4 is 4.74 Å². The van der Waals surface area contributed by atoms with E-state index in [4.69, 9.17) is 20.9 Å². The van der Waals surface area contributed by atoms with Gasteiger partial charge in [-0.1, -0.05) is 23.7 Å². The lowest BCUT2D eigenvalue weighted by molar-refractivity contribution is -0.133. The standard InChI is InChI=1S/C21H29ClN4O3/c1-3-5-19-23-20(29-24-19)6-4-7-21(27)26-12-10-25(11-13-26)15-16-14-17(22)8-9-18(16)28-2/h8-9,14H,3-7,10-13,15H2,1-2H3. The average Bonchev–Trinajstić information content (AvgIpc) is 3.16. The summed E-state index contributed by atoms with van der Waals surface area (Å²) in [5.74, 6) is 2.41. The number of nitrogens with zero attached hydrogens (tertiary/aromatic N) is 4. The molecule has 1 aliphatic rings. The van der Waals surface area contributed by atoms with Gasteiger partial charge in [-0.25, -0.2) is 0 Å². The molecule has 1 saturated heterocycles. The molecule has 0 spiro atoms. The SMILES string of the molecule is CCCc1noc(CCCC(=O)N2CCN(Cc3cc(Cl)ccc3OC)CC2)n1. The molecule has 0 saturated carbocycles. The summed E-state index contributed by atoms with van der Waals surface area (Å²) in [6, 6.07) is 5.67. The minimum Gasteiger partial charge on any atom is -0.496 e. The maximum Gasteiger partial charge on any atom is 0.226 e. The number of carbonyl (C=O) groups is 1. The zero-order valence-electron chi connectivity index (χ0n) is 17.2. The van der Waals surface area contributed by atoms with Crippen LogP contribution in [0.5, 0.6) is 5.75 Å². The van der Waals surface area contributed by atoms with Crippen molar-refractivity contribution < 1.29 is 14.1 Å². The summed E-state index contributed by atoms with van der Waals surface area (Å²) in [7, 11) is 1.67. The molecule has 0 bridgehead atoms. The highest BCUT2D eigenvalue weighted by molar-refractivity contribution is 6.30. The molecule has 1 fully saturated rings. The molecule has 7 nitrogen and oxygen atoms in total. The normalized spacial score (nSPS) is 14.9. The topological polar surface area (TPSA) is 71.7 Å². The second-order valence-electron chi connectivity index (χ2n) is 7.32. The number of aromatic nitrogens is 2. The number of benzene rings is 1. The first-order valence-electron chi connectivity index (χ1n) is 10.2. The van der Waals surface area contributed by atoms with Gasteiger partial charge in [0.15, 0.2) is 5.82 Å². The largest absolute Gasteiger partial charge is 0.496 e. The van der Waals surface area contributed by atoms with Gasteiger partial charge in [-0.15, -0.1) is 0 Å². The van der Waals surface area contributed by atoms with Crippen molar-refractivity contribution >= 4 is 17.5 Å². The Morgan fingerprint density at radius 1 is 1.24 bits per heavy atom. The van der Waals surface area contributed by atoms with E-state index in [2.05, 4.69) is 22.0 Å². The fraction of sp³-hybridized carbons (Fsp3) is 0.571. The Balaban J connectivity index is 1.40. The van der Waals surface area contributed by atoms with Gasteiger partial charge >= 0.3 is 0 Å². The van der Waals surface area contributed by atoms with E-state index >= 15 is 0 Å². The van der Waals surface area contributed by atoms with Crippen molar-refractivity contribution in [3.63, 3.8) is 0 Å². The van der Waals surface area contributed by atoms with Crippen LogP contribution in [0.15, 0.2) is 22.7 Å². The second-order valence-corrected chi connectivity index (χ2v) is 7.76. The number of piperazine rings is 1. The molecule has 1 aromatic carbocycles. The highest BCUT2D eigenvalue weighted by Crippen LogP contribution is 2.24. The van der Waals surface area contributed by atoms with Crippen molar-refractivity contribution in [2.24, 2.45) is 0 Å². The fourth-order valence-corrected chi connectivity index (χ4v) is 3.73. The minimum absolute atomic E-state index is 0.193. The van der Waals surface area contributed by atoms with Gasteiger partial charge in [0.25, 0.3) is 0 Å². The van der Waals surface area contributed by atoms with E-state index in [0.29, 0.717) is 23.8 Å². The third-order valence-electron chi connectivity index (χ3n) is 5.13. The maximum atomic E-state index is 12.5. The number of hydrogen-bond acceptors (Lipinski definition) is 6. The van der Waals surface area contributed by atoms with E-state index in [0.717, 1.165) is 69.1 Å². The predicted molar refractivity (Wildman–Crippen MR) is 111 cm³/mol. The lowest BCUT2D eigenvalue weighted by Gasteiger charge is -2.35. The third kappa shape index (κ3) is 6.18. The van der Waals surface area contributed by atoms with Crippen molar-refractivity contribution in [3.05, 3.63) is 40.5 Å². The lowest BCUT2D eigenvalue weighted by Crippen LogP contribution is -2.48. The smallest absolute Gasteiger partial charge is 0.226 e. The van der Waals surface area contributed by atoms with Crippen LogP contribution in [0.4, 0.5) is 0 Å². The van der Waals surface area contributed by atoms with Crippen molar-refractivity contribution in [3.8, 4) is 5.75 Å². The summed E-state index contributed by atoms with van der Waals surface area (Å²) in [5.41, 5.74) is 1.07. The van der Waals surface area contributed by atoms with E-state index in [9.17, 15) is 4.79 Å². The average molecular weight is 421 g/mol. The van der Waals surface area contributed by atoms with Crippen molar-refractivity contribution in [2.75, 3.05) is 33.3 Å². The molecule has 1 aliphatic heterocycles. The van der Waals surface area contributed by atoms with E-state index < -0.39 is 0 Å². The van der Waals surface area contributed by atoms with E-state index in [1.54, 1.807) is 7.11 Å². The van der Waals surface area contributed by atoms with Crippen LogP contribution in [0.2, 0.25) is 5.02 Å². The van der Waals surface area contributed by atoms with Crippen LogP contribution >= 0.6 is 11.6 Å². The molecule has 158 valence electrons. The van der Waals surface area contributed by atoms with Gasteiger partial charge in [0.05, 0.1) is 7.11 Å². The highest BCUT2D eigenvalue weighted by Gasteiger charge is 2.22. The molecular weight excluding hydrogens is 392 g/mol. The minimum atomic E-state index is 0.193. The molecule has 0 radical (unpaired) electrons. The number of rotatable bonds is 9. The molecule has 2 heterocycles. The van der Waals surface area contributed by atoms with Crippen LogP contribution in [0, 0.1) is 0 Å². The Bertz CT molecular complexity index is 803. The molecule has 8 heteroatoms. The first-order valence-corrected chi connectivity index (χ1v) is 10.6. The molecule has 0 aliphatic carbocycles. The molecule has 3 rings (SSSR count). The van der Waals surface area contributed by atoms with E-state index in [-0.39, 0.29) is 5.91 Å². The Hall–Kier alpha value is -2.12. The lowest BCUT2D eigenvalue weighted by atomic mass is 10.1. The third-order valence-corrected chi connectivity index (χ3v) is 5.36. The van der Waals surface area contributed by atoms with Gasteiger partial charge in [0.2, 0.25) is 11.8 Å². The van der Waals surface area contributed by atoms with Crippen LogP contribution in [-0.4, -0.2) is 59.1 Å². The quantitative estimate of drug-likeness (QED) is 0.619. The summed E-state index contributed by atoms with van der Waals surface area (Å²) in [6.07, 6.45) is 3.71. The number of ether oxygens (including phenoxy) is 1.